The predicted molar refractivity (Wildman–Crippen MR) is 81.9 cm³/mol. The highest BCUT2D eigenvalue weighted by Gasteiger charge is 2.34. The Morgan fingerprint density at radius 1 is 1.45 bits per heavy atom. The van der Waals surface area contributed by atoms with Gasteiger partial charge >= 0.3 is 5.97 Å². The summed E-state index contributed by atoms with van der Waals surface area (Å²) in [5, 5.41) is 9.22. The molecule has 0 unspecified atom stereocenters. The Bertz CT molecular complexity index is 535. The fraction of sp³-hybridized carbons (Fsp3) is 0.647. The molecule has 0 atom stereocenters. The van der Waals surface area contributed by atoms with Gasteiger partial charge in [0.15, 0.2) is 0 Å². The second kappa shape index (κ2) is 7.08. The van der Waals surface area contributed by atoms with E-state index >= 15 is 0 Å². The first-order valence-corrected chi connectivity index (χ1v) is 7.97. The van der Waals surface area contributed by atoms with E-state index in [1.165, 1.54) is 23.4 Å². The molecule has 5 nitrogen and oxygen atoms in total. The highest BCUT2D eigenvalue weighted by molar-refractivity contribution is 5.93. The summed E-state index contributed by atoms with van der Waals surface area (Å²) in [6, 6.07) is 1.95. The Hall–Kier alpha value is -1.64. The lowest BCUT2D eigenvalue weighted by molar-refractivity contribution is -0.850. The number of hydrogen-bond acceptors (Lipinski definition) is 4. The average Bonchev–Trinajstić information content (AvgIpc) is 2.99. The molecule has 5 heteroatoms. The third kappa shape index (κ3) is 3.96. The first-order chi connectivity index (χ1) is 10.5. The second-order valence-electron chi connectivity index (χ2n) is 6.43. The normalized spacial score (nSPS) is 22.5. The summed E-state index contributed by atoms with van der Waals surface area (Å²) in [6.45, 7) is 8.84. The van der Waals surface area contributed by atoms with Gasteiger partial charge in [-0.2, -0.15) is 5.26 Å². The molecule has 1 N–H and O–H groups in total. The third-order valence-corrected chi connectivity index (χ3v) is 4.18. The molecule has 2 aliphatic rings. The number of carbonyl (C=O) groups excluding carboxylic acids is 1. The maximum Gasteiger partial charge on any atom is 0.348 e. The third-order valence-electron chi connectivity index (χ3n) is 4.18. The van der Waals surface area contributed by atoms with Crippen molar-refractivity contribution < 1.29 is 19.2 Å². The van der Waals surface area contributed by atoms with Gasteiger partial charge in [-0.15, -0.1) is 0 Å². The first-order valence-electron chi connectivity index (χ1n) is 7.97. The van der Waals surface area contributed by atoms with Crippen LogP contribution >= 0.6 is 0 Å². The number of quaternary nitrogens is 1. The van der Waals surface area contributed by atoms with Gasteiger partial charge < -0.3 is 14.4 Å². The van der Waals surface area contributed by atoms with Crippen LogP contribution in [0.4, 0.5) is 0 Å². The van der Waals surface area contributed by atoms with Crippen molar-refractivity contribution in [3.05, 3.63) is 22.9 Å². The molecular formula is C17H25N2O3+. The maximum absolute atomic E-state index is 11.8. The summed E-state index contributed by atoms with van der Waals surface area (Å²) < 4.78 is 10.8. The number of hydrogen-bond donors (Lipinski definition) is 1. The van der Waals surface area contributed by atoms with Gasteiger partial charge in [0, 0.05) is 18.4 Å². The van der Waals surface area contributed by atoms with Crippen molar-refractivity contribution in [2.45, 2.75) is 45.6 Å². The summed E-state index contributed by atoms with van der Waals surface area (Å²) in [7, 11) is 0. The molecule has 0 amide bonds. The highest BCUT2D eigenvalue weighted by Crippen LogP contribution is 2.27. The molecule has 0 aromatic heterocycles. The molecule has 0 aromatic carbocycles. The zero-order valence-electron chi connectivity index (χ0n) is 13.7. The van der Waals surface area contributed by atoms with Crippen molar-refractivity contribution in [2.24, 2.45) is 0 Å². The van der Waals surface area contributed by atoms with Crippen molar-refractivity contribution in [1.29, 1.82) is 5.26 Å². The highest BCUT2D eigenvalue weighted by atomic mass is 16.5. The summed E-state index contributed by atoms with van der Waals surface area (Å²) in [6.07, 6.45) is 4.93. The molecule has 0 saturated carbocycles. The molecule has 0 radical (unpaired) electrons. The van der Waals surface area contributed by atoms with Gasteiger partial charge in [-0.25, -0.2) is 4.79 Å². The van der Waals surface area contributed by atoms with Crippen LogP contribution in [0.3, 0.4) is 0 Å². The summed E-state index contributed by atoms with van der Waals surface area (Å²) >= 11 is 0. The summed E-state index contributed by atoms with van der Waals surface area (Å²) in [5.41, 5.74) is 2.10. The number of likely N-dealkylation sites (tertiary alicyclic amines) is 1. The van der Waals surface area contributed by atoms with Crippen LogP contribution in [-0.4, -0.2) is 37.9 Å². The lowest BCUT2D eigenvalue weighted by atomic mass is 9.94. The first kappa shape index (κ1) is 16.7. The number of nitrogens with zero attached hydrogens (tertiary/aromatic N) is 1. The average molecular weight is 305 g/mol. The number of nitriles is 1. The van der Waals surface area contributed by atoms with Crippen molar-refractivity contribution >= 4 is 5.97 Å². The minimum Gasteiger partial charge on any atom is -0.462 e. The molecule has 22 heavy (non-hydrogen) atoms. The molecule has 2 rings (SSSR count). The van der Waals surface area contributed by atoms with Crippen LogP contribution in [0, 0.1) is 11.3 Å². The van der Waals surface area contributed by atoms with E-state index < -0.39 is 5.97 Å². The van der Waals surface area contributed by atoms with E-state index in [2.05, 4.69) is 13.8 Å². The van der Waals surface area contributed by atoms with E-state index in [0.717, 1.165) is 25.1 Å². The van der Waals surface area contributed by atoms with E-state index in [1.54, 1.807) is 13.0 Å². The molecular weight excluding hydrogens is 280 g/mol. The summed E-state index contributed by atoms with van der Waals surface area (Å²) in [5.74, 6) is -0.557. The van der Waals surface area contributed by atoms with E-state index in [9.17, 15) is 10.1 Å². The number of carbonyl (C=O) groups is 1. The Morgan fingerprint density at radius 2 is 2.14 bits per heavy atom. The Balaban J connectivity index is 2.34. The van der Waals surface area contributed by atoms with E-state index in [-0.39, 0.29) is 17.8 Å². The molecule has 2 heterocycles. The molecule has 0 aromatic rings. The van der Waals surface area contributed by atoms with Gasteiger partial charge in [-0.1, -0.05) is 0 Å². The van der Waals surface area contributed by atoms with Crippen LogP contribution in [0.2, 0.25) is 0 Å². The van der Waals surface area contributed by atoms with E-state index in [0.29, 0.717) is 6.61 Å². The molecule has 2 aliphatic heterocycles. The summed E-state index contributed by atoms with van der Waals surface area (Å²) in [4.78, 5) is 13.3. The number of nitrogens with one attached hydrogen (secondary N) is 1. The predicted octanol–water partition coefficient (Wildman–Crippen LogP) is 1.13. The van der Waals surface area contributed by atoms with Crippen molar-refractivity contribution in [3.63, 3.8) is 0 Å². The molecule has 0 aliphatic carbocycles. The minimum atomic E-state index is -0.557. The van der Waals surface area contributed by atoms with Crippen LogP contribution in [0.15, 0.2) is 22.9 Å². The largest absolute Gasteiger partial charge is 0.462 e. The molecule has 1 fully saturated rings. The Labute approximate surface area is 132 Å². The van der Waals surface area contributed by atoms with Gasteiger partial charge in [0.2, 0.25) is 0 Å². The van der Waals surface area contributed by atoms with Crippen molar-refractivity contribution in [1.82, 2.24) is 0 Å². The number of rotatable bonds is 4. The maximum atomic E-state index is 11.8. The fourth-order valence-corrected chi connectivity index (χ4v) is 3.05. The standard InChI is InChI=1S/C17H24N2O3/c1-4-21-16(20)13(11-18)9-14-12-22-17(2,3)10-15(14)19-7-5-6-8-19/h9H,4-8,10,12H2,1-3H3/p+1. The van der Waals surface area contributed by atoms with Crippen molar-refractivity contribution in [3.8, 4) is 6.07 Å². The van der Waals surface area contributed by atoms with Crippen LogP contribution in [0.5, 0.6) is 0 Å². The molecule has 0 spiro atoms. The lowest BCUT2D eigenvalue weighted by Crippen LogP contribution is -3.08. The fourth-order valence-electron chi connectivity index (χ4n) is 3.05. The number of ether oxygens (including phenoxy) is 2. The Kier molecular flexibility index (Phi) is 5.38. The zero-order valence-corrected chi connectivity index (χ0v) is 13.7. The van der Waals surface area contributed by atoms with E-state index in [1.807, 2.05) is 6.07 Å². The topological polar surface area (TPSA) is 63.8 Å². The SMILES string of the molecule is CCOC(=O)C(C#N)=CC1=C([NH+]2CCCC2)CC(C)(C)OC1. The monoisotopic (exact) mass is 305 g/mol. The van der Waals surface area contributed by atoms with Gasteiger partial charge in [-0.3, -0.25) is 0 Å². The van der Waals surface area contributed by atoms with Crippen LogP contribution in [0.25, 0.3) is 0 Å². The van der Waals surface area contributed by atoms with E-state index in [4.69, 9.17) is 9.47 Å². The molecule has 0 bridgehead atoms. The van der Waals surface area contributed by atoms with Gasteiger partial charge in [0.05, 0.1) is 38.3 Å². The van der Waals surface area contributed by atoms with Gasteiger partial charge in [0.1, 0.15) is 17.3 Å². The number of esters is 1. The van der Waals surface area contributed by atoms with Gasteiger partial charge in [-0.05, 0) is 26.8 Å². The van der Waals surface area contributed by atoms with Crippen LogP contribution in [-0.2, 0) is 14.3 Å². The lowest BCUT2D eigenvalue weighted by Gasteiger charge is -2.34. The van der Waals surface area contributed by atoms with Gasteiger partial charge in [0.25, 0.3) is 0 Å². The molecule has 1 saturated heterocycles. The van der Waals surface area contributed by atoms with Crippen LogP contribution < -0.4 is 4.90 Å². The minimum absolute atomic E-state index is 0.0521. The quantitative estimate of drug-likeness (QED) is 0.480. The molecule has 120 valence electrons. The van der Waals surface area contributed by atoms with Crippen LogP contribution in [0.1, 0.15) is 40.0 Å². The Morgan fingerprint density at radius 3 is 2.73 bits per heavy atom. The zero-order chi connectivity index (χ0) is 16.2. The van der Waals surface area contributed by atoms with Crippen molar-refractivity contribution in [2.75, 3.05) is 26.3 Å². The smallest absolute Gasteiger partial charge is 0.348 e. The second-order valence-corrected chi connectivity index (χ2v) is 6.43.